The Hall–Kier alpha value is -4.12. The molecule has 0 atom stereocenters. The molecule has 0 aliphatic heterocycles. The van der Waals surface area contributed by atoms with Crippen LogP contribution in [0, 0.1) is 0 Å². The van der Waals surface area contributed by atoms with E-state index >= 15 is 0 Å². The average molecular weight is 447 g/mol. The molecule has 0 fully saturated rings. The van der Waals surface area contributed by atoms with E-state index in [1.807, 2.05) is 46.9 Å². The van der Waals surface area contributed by atoms with E-state index in [2.05, 4.69) is 42.2 Å². The molecule has 3 aromatic heterocycles. The van der Waals surface area contributed by atoms with Crippen molar-refractivity contribution in [2.75, 3.05) is 11.1 Å². The summed E-state index contributed by atoms with van der Waals surface area (Å²) in [7, 11) is 0. The van der Waals surface area contributed by atoms with E-state index in [1.165, 1.54) is 11.8 Å². The van der Waals surface area contributed by atoms with Gasteiger partial charge in [0, 0.05) is 6.20 Å². The molecular weight excluding hydrogens is 430 g/mol. The first-order valence-corrected chi connectivity index (χ1v) is 10.7. The molecule has 5 rings (SSSR count). The number of hydrogen-bond acceptors (Lipinski definition) is 6. The van der Waals surface area contributed by atoms with Gasteiger partial charge in [-0.15, -0.1) is 10.2 Å². The number of rotatable bonds is 6. The molecule has 0 spiro atoms. The van der Waals surface area contributed by atoms with Crippen LogP contribution in [-0.2, 0) is 11.3 Å². The van der Waals surface area contributed by atoms with E-state index in [1.54, 1.807) is 0 Å². The molecule has 0 saturated heterocycles. The van der Waals surface area contributed by atoms with Crippen molar-refractivity contribution in [3.63, 3.8) is 0 Å². The standard InChI is InChI=1S/C21H17N7O3S/c29-17(23-14-10-22-19(31)24-18(14)30)12-32-21-26-25-20-27(11-13-6-2-1-3-7-13)15-8-4-5-9-16(15)28(20)21/h1-10H,11-12H2,(H,23,29)(H2,22,24,30,31). The van der Waals surface area contributed by atoms with Gasteiger partial charge in [-0.3, -0.25) is 19.0 Å². The number of anilines is 1. The van der Waals surface area contributed by atoms with Gasteiger partial charge in [0.1, 0.15) is 5.69 Å². The van der Waals surface area contributed by atoms with Crippen LogP contribution >= 0.6 is 11.8 Å². The quantitative estimate of drug-likeness (QED) is 0.341. The predicted molar refractivity (Wildman–Crippen MR) is 121 cm³/mol. The number of amides is 1. The van der Waals surface area contributed by atoms with Gasteiger partial charge in [0.05, 0.1) is 23.3 Å². The maximum absolute atomic E-state index is 12.4. The second-order valence-electron chi connectivity index (χ2n) is 7.00. The largest absolute Gasteiger partial charge is 0.325 e. The highest BCUT2D eigenvalue weighted by atomic mass is 32.2. The lowest BCUT2D eigenvalue weighted by Gasteiger charge is -2.04. The number of fused-ring (bicyclic) bond motifs is 3. The van der Waals surface area contributed by atoms with E-state index < -0.39 is 17.2 Å². The number of hydrogen-bond donors (Lipinski definition) is 3. The molecule has 3 heterocycles. The molecule has 0 bridgehead atoms. The molecule has 160 valence electrons. The van der Waals surface area contributed by atoms with Gasteiger partial charge in [-0.05, 0) is 17.7 Å². The third-order valence-electron chi connectivity index (χ3n) is 4.88. The maximum atomic E-state index is 12.4. The van der Waals surface area contributed by atoms with Gasteiger partial charge in [-0.25, -0.2) is 4.79 Å². The number of carbonyl (C=O) groups is 1. The lowest BCUT2D eigenvalue weighted by atomic mass is 10.2. The lowest BCUT2D eigenvalue weighted by molar-refractivity contribution is -0.113. The van der Waals surface area contributed by atoms with Gasteiger partial charge >= 0.3 is 5.69 Å². The molecule has 0 aliphatic carbocycles. The number of nitrogens with one attached hydrogen (secondary N) is 3. The number of para-hydroxylation sites is 2. The summed E-state index contributed by atoms with van der Waals surface area (Å²) < 4.78 is 4.00. The van der Waals surface area contributed by atoms with Crippen LogP contribution in [0.5, 0.6) is 0 Å². The summed E-state index contributed by atoms with van der Waals surface area (Å²) in [6.45, 7) is 0.635. The summed E-state index contributed by atoms with van der Waals surface area (Å²) in [5.41, 5.74) is 1.75. The third kappa shape index (κ3) is 3.69. The molecule has 10 nitrogen and oxygen atoms in total. The number of carbonyl (C=O) groups excluding carboxylic acids is 1. The van der Waals surface area contributed by atoms with E-state index in [4.69, 9.17) is 0 Å². The normalized spacial score (nSPS) is 11.2. The smallest absolute Gasteiger partial charge is 0.320 e. The Morgan fingerprint density at radius 2 is 1.75 bits per heavy atom. The van der Waals surface area contributed by atoms with Crippen LogP contribution in [0.15, 0.2) is 75.5 Å². The van der Waals surface area contributed by atoms with Crippen LogP contribution in [0.2, 0.25) is 0 Å². The number of benzene rings is 2. The van der Waals surface area contributed by atoms with E-state index in [9.17, 15) is 14.4 Å². The fourth-order valence-corrected chi connectivity index (χ4v) is 4.21. The minimum Gasteiger partial charge on any atom is -0.320 e. The molecule has 0 saturated carbocycles. The second-order valence-corrected chi connectivity index (χ2v) is 7.94. The minimum atomic E-state index is -0.666. The number of aromatic nitrogens is 6. The maximum Gasteiger partial charge on any atom is 0.325 e. The first-order chi connectivity index (χ1) is 15.6. The van der Waals surface area contributed by atoms with Gasteiger partial charge in [0.2, 0.25) is 11.7 Å². The zero-order chi connectivity index (χ0) is 22.1. The van der Waals surface area contributed by atoms with Crippen molar-refractivity contribution in [2.24, 2.45) is 0 Å². The molecule has 32 heavy (non-hydrogen) atoms. The third-order valence-corrected chi connectivity index (χ3v) is 5.81. The minimum absolute atomic E-state index is 0.0115. The summed E-state index contributed by atoms with van der Waals surface area (Å²) in [5.74, 6) is 0.282. The second kappa shape index (κ2) is 8.19. The van der Waals surface area contributed by atoms with Crippen molar-refractivity contribution in [3.8, 4) is 0 Å². The average Bonchev–Trinajstić information content (AvgIpc) is 3.34. The zero-order valence-electron chi connectivity index (χ0n) is 16.6. The van der Waals surface area contributed by atoms with Crippen molar-refractivity contribution in [3.05, 3.63) is 87.2 Å². The van der Waals surface area contributed by atoms with Crippen molar-refractivity contribution in [1.29, 1.82) is 0 Å². The first-order valence-electron chi connectivity index (χ1n) is 9.71. The number of imidazole rings is 1. The summed E-state index contributed by atoms with van der Waals surface area (Å²) in [4.78, 5) is 39.6. The molecular formula is C21H17N7O3S. The van der Waals surface area contributed by atoms with Gasteiger partial charge < -0.3 is 14.9 Å². The SMILES string of the molecule is O=C(CSc1nnc2n(Cc3ccccc3)c3ccccc3n12)Nc1c[nH]c(=O)[nH]c1=O. The van der Waals surface area contributed by atoms with Gasteiger partial charge in [0.25, 0.3) is 5.56 Å². The van der Waals surface area contributed by atoms with Crippen molar-refractivity contribution in [1.82, 2.24) is 29.1 Å². The monoisotopic (exact) mass is 447 g/mol. The highest BCUT2D eigenvalue weighted by molar-refractivity contribution is 7.99. The van der Waals surface area contributed by atoms with E-state index in [0.717, 1.165) is 22.8 Å². The zero-order valence-corrected chi connectivity index (χ0v) is 17.4. The van der Waals surface area contributed by atoms with Crippen molar-refractivity contribution < 1.29 is 4.79 Å². The predicted octanol–water partition coefficient (Wildman–Crippen LogP) is 1.84. The summed E-state index contributed by atoms with van der Waals surface area (Å²) in [5, 5.41) is 11.7. The van der Waals surface area contributed by atoms with E-state index in [-0.39, 0.29) is 11.4 Å². The first kappa shape index (κ1) is 19.8. The number of aromatic amines is 2. The fourth-order valence-electron chi connectivity index (χ4n) is 3.47. The molecule has 1 amide bonds. The molecule has 2 aromatic carbocycles. The Kier molecular flexibility index (Phi) is 5.07. The Morgan fingerprint density at radius 3 is 2.53 bits per heavy atom. The van der Waals surface area contributed by atoms with Crippen LogP contribution in [0.25, 0.3) is 16.8 Å². The molecule has 11 heteroatoms. The van der Waals surface area contributed by atoms with Gasteiger partial charge in [-0.2, -0.15) is 0 Å². The summed E-state index contributed by atoms with van der Waals surface area (Å²) in [6.07, 6.45) is 1.16. The van der Waals surface area contributed by atoms with Crippen LogP contribution in [-0.4, -0.2) is 40.8 Å². The molecule has 3 N–H and O–H groups in total. The van der Waals surface area contributed by atoms with Crippen LogP contribution < -0.4 is 16.6 Å². The fraction of sp³-hybridized carbons (Fsp3) is 0.0952. The number of nitrogens with zero attached hydrogens (tertiary/aromatic N) is 4. The number of thioether (sulfide) groups is 1. The van der Waals surface area contributed by atoms with Crippen LogP contribution in [0.3, 0.4) is 0 Å². The van der Waals surface area contributed by atoms with E-state index in [0.29, 0.717) is 17.5 Å². The summed E-state index contributed by atoms with van der Waals surface area (Å²) in [6, 6.07) is 18.0. The summed E-state index contributed by atoms with van der Waals surface area (Å²) >= 11 is 1.21. The topological polar surface area (TPSA) is 130 Å². The lowest BCUT2D eigenvalue weighted by Crippen LogP contribution is -2.27. The van der Waals surface area contributed by atoms with Crippen molar-refractivity contribution in [2.45, 2.75) is 11.7 Å². The number of H-pyrrole nitrogens is 2. The van der Waals surface area contributed by atoms with Crippen molar-refractivity contribution >= 4 is 40.2 Å². The van der Waals surface area contributed by atoms with Gasteiger partial charge in [0.15, 0.2) is 5.16 Å². The highest BCUT2D eigenvalue weighted by Gasteiger charge is 2.18. The molecule has 5 aromatic rings. The Balaban J connectivity index is 1.43. The Bertz CT molecular complexity index is 1550. The Labute approximate surface area is 184 Å². The molecule has 0 aliphatic rings. The Morgan fingerprint density at radius 1 is 1.00 bits per heavy atom. The molecule has 0 unspecified atom stereocenters. The van der Waals surface area contributed by atoms with Gasteiger partial charge in [-0.1, -0.05) is 54.2 Å². The molecule has 0 radical (unpaired) electrons. The highest BCUT2D eigenvalue weighted by Crippen LogP contribution is 2.26. The van der Waals surface area contributed by atoms with Crippen LogP contribution in [0.1, 0.15) is 5.56 Å². The van der Waals surface area contributed by atoms with Crippen LogP contribution in [0.4, 0.5) is 5.69 Å².